The Hall–Kier alpha value is -1.42. The van der Waals surface area contributed by atoms with Crippen molar-refractivity contribution in [3.8, 4) is 0 Å². The first-order chi connectivity index (χ1) is 8.31. The Morgan fingerprint density at radius 1 is 1.53 bits per heavy atom. The van der Waals surface area contributed by atoms with Crippen LogP contribution in [0.3, 0.4) is 0 Å². The minimum atomic E-state index is 0.231. The van der Waals surface area contributed by atoms with Crippen molar-refractivity contribution < 1.29 is 4.79 Å². The van der Waals surface area contributed by atoms with Crippen LogP contribution >= 0.6 is 0 Å². The number of hydrogen-bond acceptors (Lipinski definition) is 3. The number of pyridine rings is 1. The lowest BCUT2D eigenvalue weighted by atomic mass is 10.1. The molecule has 2 rings (SSSR count). The van der Waals surface area contributed by atoms with Crippen molar-refractivity contribution in [3.63, 3.8) is 0 Å². The van der Waals surface area contributed by atoms with E-state index in [2.05, 4.69) is 10.3 Å². The number of carbonyl (C=O) groups excluding carboxylic acids is 1. The molecule has 1 atom stereocenters. The molecular formula is C13H19N3O. The number of hydrogen-bond donors (Lipinski definition) is 1. The highest BCUT2D eigenvalue weighted by Crippen LogP contribution is 2.17. The van der Waals surface area contributed by atoms with E-state index in [1.54, 1.807) is 12.4 Å². The summed E-state index contributed by atoms with van der Waals surface area (Å²) in [7, 11) is 1.93. The van der Waals surface area contributed by atoms with Crippen LogP contribution in [-0.2, 0) is 11.2 Å². The number of rotatable bonds is 4. The van der Waals surface area contributed by atoms with Gasteiger partial charge in [0, 0.05) is 31.5 Å². The molecule has 1 aromatic rings. The van der Waals surface area contributed by atoms with Gasteiger partial charge in [0.2, 0.25) is 5.91 Å². The van der Waals surface area contributed by atoms with Gasteiger partial charge in [-0.3, -0.25) is 9.78 Å². The summed E-state index contributed by atoms with van der Waals surface area (Å²) in [6.07, 6.45) is 6.19. The van der Waals surface area contributed by atoms with Crippen LogP contribution < -0.4 is 5.32 Å². The number of likely N-dealkylation sites (N-methyl/N-ethyl adjacent to an activating group) is 1. The van der Waals surface area contributed by atoms with Crippen LogP contribution in [0.1, 0.15) is 18.4 Å². The van der Waals surface area contributed by atoms with Crippen LogP contribution in [0.4, 0.5) is 0 Å². The number of nitrogens with one attached hydrogen (secondary N) is 1. The molecule has 0 aromatic carbocycles. The Morgan fingerprint density at radius 3 is 3.00 bits per heavy atom. The molecule has 1 aliphatic rings. The van der Waals surface area contributed by atoms with Crippen LogP contribution in [0.25, 0.3) is 0 Å². The third kappa shape index (κ3) is 3.03. The summed E-state index contributed by atoms with van der Waals surface area (Å²) in [6, 6.07) is 4.18. The highest BCUT2D eigenvalue weighted by atomic mass is 16.2. The van der Waals surface area contributed by atoms with Gasteiger partial charge in [0.25, 0.3) is 0 Å². The quantitative estimate of drug-likeness (QED) is 0.838. The van der Waals surface area contributed by atoms with Crippen LogP contribution in [0.2, 0.25) is 0 Å². The van der Waals surface area contributed by atoms with Crippen molar-refractivity contribution >= 4 is 5.91 Å². The van der Waals surface area contributed by atoms with Gasteiger partial charge < -0.3 is 10.2 Å². The van der Waals surface area contributed by atoms with Crippen LogP contribution in [-0.4, -0.2) is 42.0 Å². The van der Waals surface area contributed by atoms with E-state index >= 15 is 0 Å². The highest BCUT2D eigenvalue weighted by Gasteiger charge is 2.27. The third-order valence-corrected chi connectivity index (χ3v) is 3.24. The smallest absolute Gasteiger partial charge is 0.227 e. The maximum atomic E-state index is 12.2. The molecule has 2 heterocycles. The monoisotopic (exact) mass is 233 g/mol. The zero-order valence-electron chi connectivity index (χ0n) is 10.2. The first-order valence-corrected chi connectivity index (χ1v) is 6.14. The average Bonchev–Trinajstić information content (AvgIpc) is 2.79. The number of carbonyl (C=O) groups is 1. The average molecular weight is 233 g/mol. The first kappa shape index (κ1) is 12.0. The molecule has 0 spiro atoms. The second kappa shape index (κ2) is 5.77. The summed E-state index contributed by atoms with van der Waals surface area (Å²) in [5.74, 6) is 0.231. The van der Waals surface area contributed by atoms with Crippen LogP contribution in [0.5, 0.6) is 0 Å². The van der Waals surface area contributed by atoms with Gasteiger partial charge in [-0.1, -0.05) is 0 Å². The van der Waals surface area contributed by atoms with Gasteiger partial charge in [-0.25, -0.2) is 0 Å². The molecule has 1 aromatic heterocycles. The molecular weight excluding hydrogens is 214 g/mol. The van der Waals surface area contributed by atoms with Gasteiger partial charge in [0.15, 0.2) is 0 Å². The normalized spacial score (nSPS) is 19.6. The molecule has 1 saturated heterocycles. The van der Waals surface area contributed by atoms with Gasteiger partial charge in [-0.05, 0) is 37.6 Å². The third-order valence-electron chi connectivity index (χ3n) is 3.24. The number of likely N-dealkylation sites (tertiary alicyclic amines) is 1. The fourth-order valence-corrected chi connectivity index (χ4v) is 2.39. The van der Waals surface area contributed by atoms with Crippen LogP contribution in [0.15, 0.2) is 24.5 Å². The number of amides is 1. The van der Waals surface area contributed by atoms with E-state index in [1.807, 2.05) is 24.1 Å². The summed E-state index contributed by atoms with van der Waals surface area (Å²) in [6.45, 7) is 1.79. The van der Waals surface area contributed by atoms with Crippen molar-refractivity contribution in [2.75, 3.05) is 20.1 Å². The topological polar surface area (TPSA) is 45.2 Å². The molecule has 0 bridgehead atoms. The Balaban J connectivity index is 1.95. The zero-order valence-corrected chi connectivity index (χ0v) is 10.2. The van der Waals surface area contributed by atoms with Crippen molar-refractivity contribution in [2.45, 2.75) is 25.3 Å². The molecule has 4 heteroatoms. The molecule has 1 fully saturated rings. The van der Waals surface area contributed by atoms with Gasteiger partial charge in [0.05, 0.1) is 6.42 Å². The molecule has 1 N–H and O–H groups in total. The summed E-state index contributed by atoms with van der Waals surface area (Å²) in [5, 5.41) is 3.15. The van der Waals surface area contributed by atoms with Gasteiger partial charge in [-0.15, -0.1) is 0 Å². The Kier molecular flexibility index (Phi) is 4.09. The molecule has 1 amide bonds. The predicted octanol–water partition coefficient (Wildman–Crippen LogP) is 0.834. The summed E-state index contributed by atoms with van der Waals surface area (Å²) >= 11 is 0. The molecule has 1 aliphatic heterocycles. The van der Waals surface area contributed by atoms with Crippen molar-refractivity contribution in [1.29, 1.82) is 0 Å². The Morgan fingerprint density at radius 2 is 2.29 bits per heavy atom. The number of nitrogens with zero attached hydrogens (tertiary/aromatic N) is 2. The van der Waals surface area contributed by atoms with E-state index in [-0.39, 0.29) is 5.91 Å². The van der Waals surface area contributed by atoms with E-state index in [4.69, 9.17) is 0 Å². The summed E-state index contributed by atoms with van der Waals surface area (Å²) < 4.78 is 0. The predicted molar refractivity (Wildman–Crippen MR) is 66.6 cm³/mol. The standard InChI is InChI=1S/C13H19N3O/c1-14-10-12-3-2-8-16(12)13(17)9-11-4-6-15-7-5-11/h4-7,12,14H,2-3,8-10H2,1H3. The largest absolute Gasteiger partial charge is 0.338 e. The van der Waals surface area contributed by atoms with Gasteiger partial charge in [-0.2, -0.15) is 0 Å². The Labute approximate surface area is 102 Å². The second-order valence-corrected chi connectivity index (χ2v) is 4.47. The second-order valence-electron chi connectivity index (χ2n) is 4.47. The molecule has 17 heavy (non-hydrogen) atoms. The SMILES string of the molecule is CNCC1CCCN1C(=O)Cc1ccncc1. The molecule has 4 nitrogen and oxygen atoms in total. The lowest BCUT2D eigenvalue weighted by molar-refractivity contribution is -0.131. The number of aromatic nitrogens is 1. The van der Waals surface area contributed by atoms with Crippen LogP contribution in [0, 0.1) is 0 Å². The fraction of sp³-hybridized carbons (Fsp3) is 0.538. The fourth-order valence-electron chi connectivity index (χ4n) is 2.39. The van der Waals surface area contributed by atoms with Gasteiger partial charge >= 0.3 is 0 Å². The van der Waals surface area contributed by atoms with E-state index in [0.717, 1.165) is 31.5 Å². The molecule has 0 saturated carbocycles. The maximum absolute atomic E-state index is 12.2. The minimum absolute atomic E-state index is 0.231. The maximum Gasteiger partial charge on any atom is 0.227 e. The van der Waals surface area contributed by atoms with Crippen molar-refractivity contribution in [1.82, 2.24) is 15.2 Å². The van der Waals surface area contributed by atoms with Gasteiger partial charge in [0.1, 0.15) is 0 Å². The summed E-state index contributed by atoms with van der Waals surface area (Å²) in [5.41, 5.74) is 1.04. The lowest BCUT2D eigenvalue weighted by Crippen LogP contribution is -2.41. The summed E-state index contributed by atoms with van der Waals surface area (Å²) in [4.78, 5) is 18.1. The van der Waals surface area contributed by atoms with Crippen molar-refractivity contribution in [2.24, 2.45) is 0 Å². The molecule has 1 unspecified atom stereocenters. The van der Waals surface area contributed by atoms with Crippen molar-refractivity contribution in [3.05, 3.63) is 30.1 Å². The zero-order chi connectivity index (χ0) is 12.1. The highest BCUT2D eigenvalue weighted by molar-refractivity contribution is 5.79. The molecule has 92 valence electrons. The van der Waals surface area contributed by atoms with E-state index in [9.17, 15) is 4.79 Å². The lowest BCUT2D eigenvalue weighted by Gasteiger charge is -2.24. The molecule has 0 radical (unpaired) electrons. The van der Waals surface area contributed by atoms with E-state index in [0.29, 0.717) is 12.5 Å². The first-order valence-electron chi connectivity index (χ1n) is 6.14. The van der Waals surface area contributed by atoms with E-state index in [1.165, 1.54) is 0 Å². The molecule has 0 aliphatic carbocycles. The minimum Gasteiger partial charge on any atom is -0.338 e. The van der Waals surface area contributed by atoms with E-state index < -0.39 is 0 Å². The Bertz CT molecular complexity index is 366.